The average molecular weight is 317 g/mol. The number of phenolic OH excluding ortho intramolecular Hbond substituents is 1. The molecule has 0 aliphatic carbocycles. The van der Waals surface area contributed by atoms with Crippen LogP contribution in [0.1, 0.15) is 21.5 Å². The van der Waals surface area contributed by atoms with Crippen LogP contribution in [0.4, 0.5) is 0 Å². The van der Waals surface area contributed by atoms with Crippen molar-refractivity contribution in [2.75, 3.05) is 6.54 Å². The number of aldehydes is 1. The lowest BCUT2D eigenvalue weighted by atomic mass is 9.95. The zero-order valence-corrected chi connectivity index (χ0v) is 12.6. The van der Waals surface area contributed by atoms with Crippen molar-refractivity contribution in [3.8, 4) is 5.75 Å². The second-order valence-corrected chi connectivity index (χ2v) is 7.09. The minimum absolute atomic E-state index is 0.0619. The van der Waals surface area contributed by atoms with Gasteiger partial charge < -0.3 is 5.11 Å². The van der Waals surface area contributed by atoms with E-state index in [1.807, 2.05) is 0 Å². The fraction of sp³-hybridized carbons (Fsp3) is 0.188. The fourth-order valence-electron chi connectivity index (χ4n) is 2.72. The van der Waals surface area contributed by atoms with Gasteiger partial charge in [0.25, 0.3) is 0 Å². The normalized spacial score (nSPS) is 15.3. The average Bonchev–Trinajstić information content (AvgIpc) is 2.55. The van der Waals surface area contributed by atoms with Crippen LogP contribution >= 0.6 is 0 Å². The summed E-state index contributed by atoms with van der Waals surface area (Å²) >= 11 is 0. The smallest absolute Gasteiger partial charge is 0.243 e. The molecule has 6 heteroatoms. The number of carbonyl (C=O) groups excluding carboxylic acids is 1. The van der Waals surface area contributed by atoms with Gasteiger partial charge in [0.05, 0.1) is 10.5 Å². The maximum absolute atomic E-state index is 12.6. The summed E-state index contributed by atoms with van der Waals surface area (Å²) in [5.74, 6) is -0.0619. The number of hydrogen-bond acceptors (Lipinski definition) is 4. The summed E-state index contributed by atoms with van der Waals surface area (Å²) in [6.07, 6.45) is 1.03. The van der Waals surface area contributed by atoms with Crippen molar-refractivity contribution >= 4 is 16.3 Å². The second-order valence-electron chi connectivity index (χ2n) is 5.16. The van der Waals surface area contributed by atoms with Crippen LogP contribution < -0.4 is 0 Å². The molecule has 0 unspecified atom stereocenters. The molecule has 22 heavy (non-hydrogen) atoms. The van der Waals surface area contributed by atoms with Gasteiger partial charge in [-0.3, -0.25) is 4.79 Å². The van der Waals surface area contributed by atoms with Crippen molar-refractivity contribution in [1.82, 2.24) is 4.31 Å². The Morgan fingerprint density at radius 2 is 1.82 bits per heavy atom. The molecule has 0 amide bonds. The molecule has 1 aliphatic heterocycles. The third-order valence-corrected chi connectivity index (χ3v) is 5.75. The summed E-state index contributed by atoms with van der Waals surface area (Å²) < 4.78 is 26.6. The largest absolute Gasteiger partial charge is 0.507 e. The summed E-state index contributed by atoms with van der Waals surface area (Å²) in [5.41, 5.74) is 1.74. The predicted octanol–water partition coefficient (Wildman–Crippen LogP) is 1.95. The van der Waals surface area contributed by atoms with Crippen LogP contribution in [0.25, 0.3) is 0 Å². The Morgan fingerprint density at radius 3 is 2.50 bits per heavy atom. The van der Waals surface area contributed by atoms with Crippen LogP contribution in [0, 0.1) is 0 Å². The van der Waals surface area contributed by atoms with Crippen LogP contribution in [0.2, 0.25) is 0 Å². The molecular formula is C16H15NO4S. The van der Waals surface area contributed by atoms with Gasteiger partial charge in [-0.2, -0.15) is 4.31 Å². The van der Waals surface area contributed by atoms with Gasteiger partial charge in [-0.05, 0) is 35.7 Å². The highest BCUT2D eigenvalue weighted by Gasteiger charge is 2.29. The van der Waals surface area contributed by atoms with Gasteiger partial charge in [-0.1, -0.05) is 24.3 Å². The summed E-state index contributed by atoms with van der Waals surface area (Å²) in [7, 11) is -3.55. The van der Waals surface area contributed by atoms with Crippen LogP contribution in [0.5, 0.6) is 5.75 Å². The number of phenols is 1. The number of nitrogens with zero attached hydrogens (tertiary/aromatic N) is 1. The SMILES string of the molecule is O=Cc1c(O)ccc2c1CCN(S(=O)(=O)c1ccccc1)C2. The van der Waals surface area contributed by atoms with E-state index >= 15 is 0 Å². The van der Waals surface area contributed by atoms with Gasteiger partial charge in [-0.25, -0.2) is 8.42 Å². The minimum atomic E-state index is -3.55. The zero-order chi connectivity index (χ0) is 15.7. The van der Waals surface area contributed by atoms with Gasteiger partial charge >= 0.3 is 0 Å². The molecule has 5 nitrogen and oxygen atoms in total. The Morgan fingerprint density at radius 1 is 1.09 bits per heavy atom. The third-order valence-electron chi connectivity index (χ3n) is 3.89. The summed E-state index contributed by atoms with van der Waals surface area (Å²) in [4.78, 5) is 11.4. The van der Waals surface area contributed by atoms with Crippen molar-refractivity contribution in [3.05, 3.63) is 59.2 Å². The maximum atomic E-state index is 12.6. The highest BCUT2D eigenvalue weighted by atomic mass is 32.2. The first-order chi connectivity index (χ1) is 10.5. The van der Waals surface area contributed by atoms with E-state index < -0.39 is 10.0 Å². The molecular weight excluding hydrogens is 302 g/mol. The molecule has 3 rings (SSSR count). The molecule has 0 fully saturated rings. The monoisotopic (exact) mass is 317 g/mol. The molecule has 1 heterocycles. The molecule has 0 radical (unpaired) electrons. The van der Waals surface area contributed by atoms with Gasteiger partial charge in [0.2, 0.25) is 10.0 Å². The lowest BCUT2D eigenvalue weighted by molar-refractivity contribution is 0.111. The Kier molecular flexibility index (Phi) is 3.72. The maximum Gasteiger partial charge on any atom is 0.243 e. The first-order valence-corrected chi connectivity index (χ1v) is 8.32. The number of benzene rings is 2. The van der Waals surface area contributed by atoms with Crippen LogP contribution in [-0.2, 0) is 23.0 Å². The molecule has 1 N–H and O–H groups in total. The molecule has 0 saturated carbocycles. The Hall–Kier alpha value is -2.18. The number of sulfonamides is 1. The molecule has 0 bridgehead atoms. The molecule has 0 atom stereocenters. The molecule has 2 aromatic rings. The van der Waals surface area contributed by atoms with Crippen molar-refractivity contribution < 1.29 is 18.3 Å². The standard InChI is InChI=1S/C16H15NO4S/c18-11-15-14-8-9-17(10-12(14)6-7-16(15)19)22(20,21)13-4-2-1-3-5-13/h1-7,11,19H,8-10H2. The van der Waals surface area contributed by atoms with Crippen LogP contribution in [0.3, 0.4) is 0 Å². The van der Waals surface area contributed by atoms with E-state index in [0.717, 1.165) is 11.1 Å². The van der Waals surface area contributed by atoms with Gasteiger partial charge in [-0.15, -0.1) is 0 Å². The van der Waals surface area contributed by atoms with Gasteiger partial charge in [0.15, 0.2) is 6.29 Å². The first kappa shape index (κ1) is 14.7. The van der Waals surface area contributed by atoms with Crippen molar-refractivity contribution in [2.24, 2.45) is 0 Å². The summed E-state index contributed by atoms with van der Waals surface area (Å²) in [5, 5.41) is 9.71. The van der Waals surface area contributed by atoms with E-state index in [4.69, 9.17) is 0 Å². The van der Waals surface area contributed by atoms with E-state index in [1.54, 1.807) is 36.4 Å². The summed E-state index contributed by atoms with van der Waals surface area (Å²) in [6, 6.07) is 11.4. The van der Waals surface area contributed by atoms with E-state index in [2.05, 4.69) is 0 Å². The number of carbonyl (C=O) groups is 1. The molecule has 114 valence electrons. The van der Waals surface area contributed by atoms with E-state index in [0.29, 0.717) is 12.7 Å². The highest BCUT2D eigenvalue weighted by Crippen LogP contribution is 2.30. The Bertz CT molecular complexity index is 816. The van der Waals surface area contributed by atoms with Crippen LogP contribution in [0.15, 0.2) is 47.4 Å². The lowest BCUT2D eigenvalue weighted by Crippen LogP contribution is -2.36. The van der Waals surface area contributed by atoms with Gasteiger partial charge in [0, 0.05) is 13.1 Å². The second kappa shape index (κ2) is 5.55. The quantitative estimate of drug-likeness (QED) is 0.878. The van der Waals surface area contributed by atoms with Gasteiger partial charge in [0.1, 0.15) is 5.75 Å². The minimum Gasteiger partial charge on any atom is -0.507 e. The third kappa shape index (κ3) is 2.40. The fourth-order valence-corrected chi connectivity index (χ4v) is 4.16. The highest BCUT2D eigenvalue weighted by molar-refractivity contribution is 7.89. The number of aromatic hydroxyl groups is 1. The van der Waals surface area contributed by atoms with E-state index in [1.165, 1.54) is 10.4 Å². The molecule has 0 spiro atoms. The lowest BCUT2D eigenvalue weighted by Gasteiger charge is -2.29. The summed E-state index contributed by atoms with van der Waals surface area (Å²) in [6.45, 7) is 0.488. The van der Waals surface area contributed by atoms with Crippen molar-refractivity contribution in [1.29, 1.82) is 0 Å². The number of fused-ring (bicyclic) bond motifs is 1. The Balaban J connectivity index is 1.97. The van der Waals surface area contributed by atoms with E-state index in [9.17, 15) is 18.3 Å². The van der Waals surface area contributed by atoms with Crippen LogP contribution in [-0.4, -0.2) is 30.7 Å². The van der Waals surface area contributed by atoms with Crippen molar-refractivity contribution in [2.45, 2.75) is 17.9 Å². The van der Waals surface area contributed by atoms with E-state index in [-0.39, 0.29) is 29.3 Å². The molecule has 2 aromatic carbocycles. The number of rotatable bonds is 3. The first-order valence-electron chi connectivity index (χ1n) is 6.88. The predicted molar refractivity (Wildman–Crippen MR) is 81.2 cm³/mol. The zero-order valence-electron chi connectivity index (χ0n) is 11.8. The Labute approximate surface area is 128 Å². The van der Waals surface area contributed by atoms with Crippen molar-refractivity contribution in [3.63, 3.8) is 0 Å². The number of hydrogen-bond donors (Lipinski definition) is 1. The topological polar surface area (TPSA) is 74.7 Å². The molecule has 0 saturated heterocycles. The molecule has 1 aliphatic rings. The molecule has 0 aromatic heterocycles.